The molecule has 1 amide bonds. The molecule has 6 nitrogen and oxygen atoms in total. The van der Waals surface area contributed by atoms with Crippen molar-refractivity contribution in [2.45, 2.75) is 50.3 Å². The zero-order valence-corrected chi connectivity index (χ0v) is 19.2. The van der Waals surface area contributed by atoms with Gasteiger partial charge in [0.15, 0.2) is 0 Å². The number of amides is 1. The van der Waals surface area contributed by atoms with Gasteiger partial charge in [0.2, 0.25) is 15.9 Å². The summed E-state index contributed by atoms with van der Waals surface area (Å²) in [4.78, 5) is 19.9. The largest absolute Gasteiger partial charge is 0.342 e. The van der Waals surface area contributed by atoms with Gasteiger partial charge in [-0.1, -0.05) is 17.7 Å². The van der Waals surface area contributed by atoms with Crippen molar-refractivity contribution in [3.05, 3.63) is 45.9 Å². The fraction of sp³-hybridized carbons (Fsp3) is 0.545. The quantitative estimate of drug-likeness (QED) is 0.718. The van der Waals surface area contributed by atoms with Gasteiger partial charge in [0.25, 0.3) is 0 Å². The summed E-state index contributed by atoms with van der Waals surface area (Å²) in [5, 5.41) is 3.10. The Kier molecular flexibility index (Phi) is 6.27. The van der Waals surface area contributed by atoms with Crippen molar-refractivity contribution >= 4 is 27.3 Å². The normalized spacial score (nSPS) is 21.7. The van der Waals surface area contributed by atoms with Gasteiger partial charge < -0.3 is 4.90 Å². The number of aryl methyl sites for hydroxylation is 2. The van der Waals surface area contributed by atoms with E-state index in [9.17, 15) is 13.2 Å². The van der Waals surface area contributed by atoms with E-state index >= 15 is 0 Å². The van der Waals surface area contributed by atoms with Gasteiger partial charge in [-0.15, -0.1) is 11.3 Å². The van der Waals surface area contributed by atoms with E-state index in [1.54, 1.807) is 21.7 Å². The lowest BCUT2D eigenvalue weighted by Gasteiger charge is -2.37. The summed E-state index contributed by atoms with van der Waals surface area (Å²) in [6, 6.07) is 5.44. The van der Waals surface area contributed by atoms with Gasteiger partial charge in [-0.2, -0.15) is 4.31 Å². The van der Waals surface area contributed by atoms with E-state index in [0.717, 1.165) is 42.1 Å². The lowest BCUT2D eigenvalue weighted by atomic mass is 9.93. The molecule has 1 atom stereocenters. The number of carbonyl (C=O) groups is 1. The van der Waals surface area contributed by atoms with Crippen LogP contribution in [-0.4, -0.2) is 54.7 Å². The molecule has 2 aromatic rings. The minimum Gasteiger partial charge on any atom is -0.342 e. The van der Waals surface area contributed by atoms with E-state index in [0.29, 0.717) is 36.7 Å². The number of piperidine rings is 2. The molecule has 3 heterocycles. The number of likely N-dealkylation sites (tertiary alicyclic amines) is 1. The number of hydrogen-bond donors (Lipinski definition) is 0. The van der Waals surface area contributed by atoms with Gasteiger partial charge >= 0.3 is 0 Å². The number of aromatic nitrogens is 1. The average molecular weight is 448 g/mol. The number of hydrogen-bond acceptors (Lipinski definition) is 5. The van der Waals surface area contributed by atoms with Crippen LogP contribution in [0.15, 0.2) is 34.7 Å². The van der Waals surface area contributed by atoms with E-state index in [1.165, 1.54) is 0 Å². The van der Waals surface area contributed by atoms with Gasteiger partial charge in [-0.05, 0) is 51.2 Å². The van der Waals surface area contributed by atoms with Crippen LogP contribution >= 0.6 is 11.3 Å². The first kappa shape index (κ1) is 21.5. The second-order valence-corrected chi connectivity index (χ2v) is 11.3. The van der Waals surface area contributed by atoms with Crippen LogP contribution in [0.5, 0.6) is 0 Å². The number of thiazole rings is 1. The lowest BCUT2D eigenvalue weighted by Crippen LogP contribution is -2.46. The highest BCUT2D eigenvalue weighted by atomic mass is 32.2. The van der Waals surface area contributed by atoms with Crippen molar-refractivity contribution in [3.63, 3.8) is 0 Å². The summed E-state index contributed by atoms with van der Waals surface area (Å²) in [7, 11) is -3.52. The maximum absolute atomic E-state index is 13.1. The Morgan fingerprint density at radius 3 is 2.57 bits per heavy atom. The molecule has 8 heteroatoms. The Labute approximate surface area is 183 Å². The number of rotatable bonds is 4. The lowest BCUT2D eigenvalue weighted by molar-refractivity contribution is -0.138. The molecule has 0 N–H and O–H groups in total. The second kappa shape index (κ2) is 8.77. The van der Waals surface area contributed by atoms with Crippen molar-refractivity contribution in [2.75, 3.05) is 26.2 Å². The number of nitrogens with zero attached hydrogens (tertiary/aromatic N) is 3. The van der Waals surface area contributed by atoms with Crippen LogP contribution < -0.4 is 0 Å². The van der Waals surface area contributed by atoms with Crippen LogP contribution in [0, 0.1) is 19.8 Å². The summed E-state index contributed by atoms with van der Waals surface area (Å²) in [6.07, 6.45) is 5.06. The molecular formula is C22H29N3O3S2. The van der Waals surface area contributed by atoms with E-state index in [4.69, 9.17) is 0 Å². The van der Waals surface area contributed by atoms with E-state index in [2.05, 4.69) is 4.98 Å². The molecule has 0 aliphatic carbocycles. The predicted octanol–water partition coefficient (Wildman–Crippen LogP) is 3.57. The Balaban J connectivity index is 1.38. The monoisotopic (exact) mass is 447 g/mol. The van der Waals surface area contributed by atoms with Crippen molar-refractivity contribution in [1.29, 1.82) is 0 Å². The summed E-state index contributed by atoms with van der Waals surface area (Å²) in [5.41, 5.74) is 1.82. The van der Waals surface area contributed by atoms with Crippen LogP contribution in [0.25, 0.3) is 0 Å². The Hall–Kier alpha value is -1.77. The fourth-order valence-electron chi connectivity index (χ4n) is 4.64. The number of benzene rings is 1. The molecule has 30 heavy (non-hydrogen) atoms. The van der Waals surface area contributed by atoms with Crippen LogP contribution in [0.3, 0.4) is 0 Å². The Morgan fingerprint density at radius 1 is 1.13 bits per heavy atom. The molecule has 0 radical (unpaired) electrons. The molecule has 1 aromatic heterocycles. The van der Waals surface area contributed by atoms with Crippen molar-refractivity contribution < 1.29 is 13.2 Å². The van der Waals surface area contributed by atoms with E-state index < -0.39 is 10.0 Å². The first-order chi connectivity index (χ1) is 14.4. The van der Waals surface area contributed by atoms with Gasteiger partial charge in [0.05, 0.1) is 9.90 Å². The molecule has 162 valence electrons. The van der Waals surface area contributed by atoms with Crippen molar-refractivity contribution in [2.24, 2.45) is 5.92 Å². The molecule has 0 spiro atoms. The van der Waals surface area contributed by atoms with Crippen LogP contribution in [0.2, 0.25) is 0 Å². The van der Waals surface area contributed by atoms with Gasteiger partial charge in [-0.25, -0.2) is 13.4 Å². The van der Waals surface area contributed by atoms with Crippen LogP contribution in [0.4, 0.5) is 0 Å². The smallest absolute Gasteiger partial charge is 0.243 e. The van der Waals surface area contributed by atoms with E-state index in [-0.39, 0.29) is 11.8 Å². The van der Waals surface area contributed by atoms with Crippen LogP contribution in [0.1, 0.15) is 47.7 Å². The minimum atomic E-state index is -3.52. The molecule has 2 aliphatic heterocycles. The zero-order chi connectivity index (χ0) is 21.3. The SMILES string of the molecule is Cc1ccc(S(=O)(=O)N2CCC(C(=O)N3CCCC(c4nccs4)C3)CC2)c(C)c1. The molecule has 2 saturated heterocycles. The third-order valence-corrected chi connectivity index (χ3v) is 9.28. The molecule has 1 unspecified atom stereocenters. The zero-order valence-electron chi connectivity index (χ0n) is 17.6. The molecule has 0 saturated carbocycles. The van der Waals surface area contributed by atoms with E-state index in [1.807, 2.05) is 42.5 Å². The summed E-state index contributed by atoms with van der Waals surface area (Å²) in [6.45, 7) is 6.12. The van der Waals surface area contributed by atoms with Crippen molar-refractivity contribution in [3.8, 4) is 0 Å². The first-order valence-electron chi connectivity index (χ1n) is 10.6. The third kappa shape index (κ3) is 4.31. The average Bonchev–Trinajstić information content (AvgIpc) is 3.28. The number of carbonyl (C=O) groups excluding carboxylic acids is 1. The maximum Gasteiger partial charge on any atom is 0.243 e. The highest BCUT2D eigenvalue weighted by molar-refractivity contribution is 7.89. The minimum absolute atomic E-state index is 0.0920. The Morgan fingerprint density at radius 2 is 1.90 bits per heavy atom. The molecular weight excluding hydrogens is 418 g/mol. The molecule has 0 bridgehead atoms. The van der Waals surface area contributed by atoms with Crippen LogP contribution in [-0.2, 0) is 14.8 Å². The first-order valence-corrected chi connectivity index (χ1v) is 12.9. The summed E-state index contributed by atoms with van der Waals surface area (Å²) in [5.74, 6) is 0.415. The Bertz CT molecular complexity index is 997. The second-order valence-electron chi connectivity index (χ2n) is 8.44. The van der Waals surface area contributed by atoms with Crippen molar-refractivity contribution in [1.82, 2.24) is 14.2 Å². The fourth-order valence-corrected chi connectivity index (χ4v) is 7.09. The summed E-state index contributed by atoms with van der Waals surface area (Å²) >= 11 is 1.66. The molecule has 1 aromatic carbocycles. The van der Waals surface area contributed by atoms with Gasteiger partial charge in [-0.3, -0.25) is 4.79 Å². The highest BCUT2D eigenvalue weighted by Gasteiger charge is 2.36. The van der Waals surface area contributed by atoms with Gasteiger partial charge in [0.1, 0.15) is 0 Å². The highest BCUT2D eigenvalue weighted by Crippen LogP contribution is 2.31. The predicted molar refractivity (Wildman–Crippen MR) is 118 cm³/mol. The molecule has 2 aliphatic rings. The summed E-state index contributed by atoms with van der Waals surface area (Å²) < 4.78 is 27.7. The number of sulfonamides is 1. The van der Waals surface area contributed by atoms with Gasteiger partial charge in [0, 0.05) is 49.6 Å². The maximum atomic E-state index is 13.1. The molecule has 4 rings (SSSR count). The molecule has 2 fully saturated rings. The standard InChI is InChI=1S/C22H29N3O3S2/c1-16-5-6-20(17(2)14-16)30(27,28)25-11-7-18(8-12-25)22(26)24-10-3-4-19(15-24)21-23-9-13-29-21/h5-6,9,13-14,18-19H,3-4,7-8,10-12,15H2,1-2H3. The topological polar surface area (TPSA) is 70.6 Å². The third-order valence-electron chi connectivity index (χ3n) is 6.29.